The predicted octanol–water partition coefficient (Wildman–Crippen LogP) is 1.90. The smallest absolute Gasteiger partial charge is 0.264 e. The van der Waals surface area contributed by atoms with Gasteiger partial charge in [-0.25, -0.2) is 13.4 Å². The highest BCUT2D eigenvalue weighted by Crippen LogP contribution is 2.26. The molecule has 20 heavy (non-hydrogen) atoms. The molecule has 0 spiro atoms. The molecule has 2 heterocycles. The van der Waals surface area contributed by atoms with Crippen molar-refractivity contribution in [2.75, 3.05) is 23.7 Å². The standard InChI is InChI=1S/C11H13ClN4O3S/c1-7-10(12)11(14-19-7)15-20(17,18)8-4-5-9(13-6-8)16(2)3/h4-6H,1-3H3,(H,14,15). The average molecular weight is 317 g/mol. The first-order valence-corrected chi connectivity index (χ1v) is 7.45. The highest BCUT2D eigenvalue weighted by atomic mass is 35.5. The Morgan fingerprint density at radius 1 is 1.35 bits per heavy atom. The minimum absolute atomic E-state index is 0.0137. The topological polar surface area (TPSA) is 88.3 Å². The van der Waals surface area contributed by atoms with Gasteiger partial charge in [-0.3, -0.25) is 4.72 Å². The van der Waals surface area contributed by atoms with Crippen molar-refractivity contribution in [1.82, 2.24) is 10.1 Å². The third-order valence-corrected chi connectivity index (χ3v) is 4.28. The van der Waals surface area contributed by atoms with E-state index in [-0.39, 0.29) is 15.7 Å². The van der Waals surface area contributed by atoms with Crippen LogP contribution in [0.4, 0.5) is 11.6 Å². The second-order valence-corrected chi connectivity index (χ2v) is 6.31. The molecule has 0 aliphatic carbocycles. The fraction of sp³-hybridized carbons (Fsp3) is 0.273. The second-order valence-electron chi connectivity index (χ2n) is 4.25. The van der Waals surface area contributed by atoms with E-state index in [0.29, 0.717) is 11.6 Å². The molecule has 9 heteroatoms. The first-order chi connectivity index (χ1) is 9.31. The molecule has 2 aromatic heterocycles. The summed E-state index contributed by atoms with van der Waals surface area (Å²) < 4.78 is 31.3. The summed E-state index contributed by atoms with van der Waals surface area (Å²) >= 11 is 5.86. The quantitative estimate of drug-likeness (QED) is 0.926. The van der Waals surface area contributed by atoms with E-state index in [1.165, 1.54) is 12.3 Å². The fourth-order valence-corrected chi connectivity index (χ4v) is 2.53. The Morgan fingerprint density at radius 3 is 2.50 bits per heavy atom. The number of sulfonamides is 1. The van der Waals surface area contributed by atoms with Crippen LogP contribution < -0.4 is 9.62 Å². The molecule has 0 saturated carbocycles. The summed E-state index contributed by atoms with van der Waals surface area (Å²) in [6.45, 7) is 1.58. The maximum atomic E-state index is 12.1. The largest absolute Gasteiger partial charge is 0.363 e. The van der Waals surface area contributed by atoms with E-state index >= 15 is 0 Å². The SMILES string of the molecule is Cc1onc(NS(=O)(=O)c2ccc(N(C)C)nc2)c1Cl. The molecule has 0 saturated heterocycles. The number of nitrogens with one attached hydrogen (secondary N) is 1. The summed E-state index contributed by atoms with van der Waals surface area (Å²) in [4.78, 5) is 5.82. The highest BCUT2D eigenvalue weighted by Gasteiger charge is 2.20. The van der Waals surface area contributed by atoms with Gasteiger partial charge in [0.2, 0.25) is 5.82 Å². The predicted molar refractivity (Wildman–Crippen MR) is 75.6 cm³/mol. The maximum Gasteiger partial charge on any atom is 0.264 e. The van der Waals surface area contributed by atoms with Gasteiger partial charge >= 0.3 is 0 Å². The molecule has 0 unspecified atom stereocenters. The van der Waals surface area contributed by atoms with Crippen LogP contribution in [0.2, 0.25) is 5.02 Å². The van der Waals surface area contributed by atoms with E-state index < -0.39 is 10.0 Å². The molecule has 0 fully saturated rings. The Hall–Kier alpha value is -1.80. The van der Waals surface area contributed by atoms with Crippen LogP contribution in [0.3, 0.4) is 0 Å². The van der Waals surface area contributed by atoms with E-state index in [9.17, 15) is 8.42 Å². The Morgan fingerprint density at radius 2 is 2.05 bits per heavy atom. The lowest BCUT2D eigenvalue weighted by atomic mass is 10.4. The van der Waals surface area contributed by atoms with Gasteiger partial charge in [0, 0.05) is 20.3 Å². The minimum Gasteiger partial charge on any atom is -0.363 e. The Kier molecular flexibility index (Phi) is 3.87. The number of halogens is 1. The number of aromatic nitrogens is 2. The van der Waals surface area contributed by atoms with Gasteiger partial charge in [0.1, 0.15) is 15.7 Å². The molecule has 0 radical (unpaired) electrons. The molecule has 0 bridgehead atoms. The van der Waals surface area contributed by atoms with Crippen molar-refractivity contribution in [2.45, 2.75) is 11.8 Å². The molecule has 2 aromatic rings. The van der Waals surface area contributed by atoms with Crippen LogP contribution in [0.25, 0.3) is 0 Å². The van der Waals surface area contributed by atoms with Gasteiger partial charge in [-0.1, -0.05) is 16.8 Å². The minimum atomic E-state index is -3.80. The number of hydrogen-bond donors (Lipinski definition) is 1. The molecule has 0 aliphatic heterocycles. The highest BCUT2D eigenvalue weighted by molar-refractivity contribution is 7.92. The molecule has 7 nitrogen and oxygen atoms in total. The van der Waals surface area contributed by atoms with Gasteiger partial charge in [0.25, 0.3) is 10.0 Å². The first kappa shape index (κ1) is 14.6. The number of rotatable bonds is 4. The van der Waals surface area contributed by atoms with Crippen LogP contribution in [0.1, 0.15) is 5.76 Å². The molecule has 0 amide bonds. The summed E-state index contributed by atoms with van der Waals surface area (Å²) in [5.41, 5.74) is 0. The second kappa shape index (κ2) is 5.29. The van der Waals surface area contributed by atoms with E-state index in [0.717, 1.165) is 0 Å². The van der Waals surface area contributed by atoms with Crippen LogP contribution in [0.5, 0.6) is 0 Å². The van der Waals surface area contributed by atoms with Crippen molar-refractivity contribution in [3.05, 3.63) is 29.1 Å². The van der Waals surface area contributed by atoms with E-state index in [4.69, 9.17) is 16.1 Å². The summed E-state index contributed by atoms with van der Waals surface area (Å²) in [6.07, 6.45) is 1.26. The van der Waals surface area contributed by atoms with Crippen molar-refractivity contribution < 1.29 is 12.9 Å². The van der Waals surface area contributed by atoms with Crippen LogP contribution >= 0.6 is 11.6 Å². The summed E-state index contributed by atoms with van der Waals surface area (Å²) in [5.74, 6) is 0.950. The molecular formula is C11H13ClN4O3S. The Balaban J connectivity index is 2.28. The number of anilines is 2. The van der Waals surface area contributed by atoms with E-state index in [1.54, 1.807) is 17.9 Å². The van der Waals surface area contributed by atoms with Crippen molar-refractivity contribution >= 4 is 33.3 Å². The summed E-state index contributed by atoms with van der Waals surface area (Å²) in [5, 5.41) is 3.68. The van der Waals surface area contributed by atoms with Crippen LogP contribution in [0, 0.1) is 6.92 Å². The monoisotopic (exact) mass is 316 g/mol. The summed E-state index contributed by atoms with van der Waals surface area (Å²) in [7, 11) is -0.179. The zero-order chi connectivity index (χ0) is 14.9. The van der Waals surface area contributed by atoms with Gasteiger partial charge in [-0.15, -0.1) is 0 Å². The van der Waals surface area contributed by atoms with Crippen molar-refractivity contribution in [1.29, 1.82) is 0 Å². The fourth-order valence-electron chi connectivity index (χ4n) is 1.41. The normalized spacial score (nSPS) is 11.4. The molecular weight excluding hydrogens is 304 g/mol. The molecule has 108 valence electrons. The number of aryl methyl sites for hydroxylation is 1. The average Bonchev–Trinajstić information content (AvgIpc) is 2.70. The molecule has 2 rings (SSSR count). The Labute approximate surface area is 121 Å². The Bertz CT molecular complexity index is 710. The lowest BCUT2D eigenvalue weighted by Crippen LogP contribution is -2.15. The van der Waals surface area contributed by atoms with Gasteiger partial charge < -0.3 is 9.42 Å². The van der Waals surface area contributed by atoms with Crippen LogP contribution in [-0.2, 0) is 10.0 Å². The summed E-state index contributed by atoms with van der Waals surface area (Å²) in [6, 6.07) is 3.05. The lowest BCUT2D eigenvalue weighted by Gasteiger charge is -2.11. The van der Waals surface area contributed by atoms with E-state index in [2.05, 4.69) is 14.9 Å². The third-order valence-electron chi connectivity index (χ3n) is 2.51. The van der Waals surface area contributed by atoms with Crippen molar-refractivity contribution in [3.8, 4) is 0 Å². The van der Waals surface area contributed by atoms with Gasteiger partial charge in [-0.05, 0) is 19.1 Å². The zero-order valence-corrected chi connectivity index (χ0v) is 12.7. The third kappa shape index (κ3) is 2.86. The van der Waals surface area contributed by atoms with Gasteiger partial charge in [0.15, 0.2) is 5.76 Å². The molecule has 1 N–H and O–H groups in total. The molecule has 0 aromatic carbocycles. The number of hydrogen-bond acceptors (Lipinski definition) is 6. The first-order valence-electron chi connectivity index (χ1n) is 5.59. The van der Waals surface area contributed by atoms with Crippen LogP contribution in [0.15, 0.2) is 27.7 Å². The number of pyridine rings is 1. The van der Waals surface area contributed by atoms with E-state index in [1.807, 2.05) is 14.1 Å². The lowest BCUT2D eigenvalue weighted by molar-refractivity contribution is 0.400. The van der Waals surface area contributed by atoms with Gasteiger partial charge in [-0.2, -0.15) is 0 Å². The molecule has 0 atom stereocenters. The molecule has 0 aliphatic rings. The van der Waals surface area contributed by atoms with Crippen LogP contribution in [-0.4, -0.2) is 32.7 Å². The van der Waals surface area contributed by atoms with Crippen molar-refractivity contribution in [2.24, 2.45) is 0 Å². The van der Waals surface area contributed by atoms with Gasteiger partial charge in [0.05, 0.1) is 0 Å². The maximum absolute atomic E-state index is 12.1. The van der Waals surface area contributed by atoms with Crippen molar-refractivity contribution in [3.63, 3.8) is 0 Å². The number of nitrogens with zero attached hydrogens (tertiary/aromatic N) is 3. The zero-order valence-electron chi connectivity index (χ0n) is 11.1.